The van der Waals surface area contributed by atoms with Gasteiger partial charge in [0.2, 0.25) is 10.0 Å². The van der Waals surface area contributed by atoms with E-state index in [1.807, 2.05) is 26.0 Å². The predicted octanol–water partition coefficient (Wildman–Crippen LogP) is 4.03. The highest BCUT2D eigenvalue weighted by Crippen LogP contribution is 2.32. The Kier molecular flexibility index (Phi) is 9.18. The maximum absolute atomic E-state index is 13.9. The molecule has 0 spiro atoms. The summed E-state index contributed by atoms with van der Waals surface area (Å²) in [5.41, 5.74) is 2.53. The number of carbonyl (C=O) groups is 1. The number of aromatic nitrogens is 1. The molecule has 2 aliphatic rings. The Bertz CT molecular complexity index is 1410. The predicted molar refractivity (Wildman–Crippen MR) is 158 cm³/mol. The van der Waals surface area contributed by atoms with Gasteiger partial charge in [-0.25, -0.2) is 13.4 Å². The van der Waals surface area contributed by atoms with E-state index in [0.717, 1.165) is 61.5 Å². The monoisotopic (exact) mass is 586 g/mol. The lowest BCUT2D eigenvalue weighted by Gasteiger charge is -2.34. The molecule has 216 valence electrons. The van der Waals surface area contributed by atoms with Gasteiger partial charge in [0.1, 0.15) is 0 Å². The zero-order valence-electron chi connectivity index (χ0n) is 23.4. The number of benzene rings is 2. The number of thiazole rings is 1. The Labute approximate surface area is 240 Å². The summed E-state index contributed by atoms with van der Waals surface area (Å²) in [7, 11) is -3.69. The molecule has 0 radical (unpaired) electrons. The van der Waals surface area contributed by atoms with Crippen LogP contribution in [0, 0.1) is 0 Å². The first-order valence-electron chi connectivity index (χ1n) is 14.0. The summed E-state index contributed by atoms with van der Waals surface area (Å²) in [5.74, 6) is -0.184. The van der Waals surface area contributed by atoms with Crippen molar-refractivity contribution in [1.82, 2.24) is 14.2 Å². The van der Waals surface area contributed by atoms with Crippen molar-refractivity contribution in [3.05, 3.63) is 53.6 Å². The lowest BCUT2D eigenvalue weighted by molar-refractivity contribution is -0.0440. The van der Waals surface area contributed by atoms with Gasteiger partial charge < -0.3 is 9.47 Å². The lowest BCUT2D eigenvalue weighted by Crippen LogP contribution is -2.48. The molecule has 2 aliphatic heterocycles. The minimum Gasteiger partial charge on any atom is -0.379 e. The quantitative estimate of drug-likeness (QED) is 0.374. The molecule has 0 bridgehead atoms. The second-order valence-electron chi connectivity index (χ2n) is 10.5. The molecule has 3 aromatic rings. The molecule has 1 amide bonds. The van der Waals surface area contributed by atoms with Gasteiger partial charge in [-0.1, -0.05) is 30.4 Å². The number of carbonyl (C=O) groups excluding carboxylic acids is 1. The van der Waals surface area contributed by atoms with Crippen LogP contribution in [-0.4, -0.2) is 93.2 Å². The second kappa shape index (κ2) is 12.6. The minimum atomic E-state index is -3.69. The van der Waals surface area contributed by atoms with Crippen molar-refractivity contribution in [3.63, 3.8) is 0 Å². The molecule has 0 aliphatic carbocycles. The largest absolute Gasteiger partial charge is 0.379 e. The highest BCUT2D eigenvalue weighted by molar-refractivity contribution is 7.89. The second-order valence-corrected chi connectivity index (χ2v) is 13.4. The van der Waals surface area contributed by atoms with Crippen LogP contribution in [0.3, 0.4) is 0 Å². The normalized spacial score (nSPS) is 21.1. The van der Waals surface area contributed by atoms with Gasteiger partial charge in [0, 0.05) is 44.8 Å². The molecule has 2 unspecified atom stereocenters. The van der Waals surface area contributed by atoms with Gasteiger partial charge in [-0.3, -0.25) is 14.6 Å². The first kappa shape index (κ1) is 29.1. The van der Waals surface area contributed by atoms with Crippen molar-refractivity contribution in [3.8, 4) is 0 Å². The number of para-hydroxylation sites is 1. The Hall–Kier alpha value is -2.41. The van der Waals surface area contributed by atoms with Gasteiger partial charge in [-0.2, -0.15) is 4.31 Å². The molecule has 3 heterocycles. The van der Waals surface area contributed by atoms with Gasteiger partial charge in [-0.05, 0) is 62.6 Å². The average Bonchev–Trinajstić information content (AvgIpc) is 3.39. The third-order valence-electron chi connectivity index (χ3n) is 7.43. The van der Waals surface area contributed by atoms with Crippen LogP contribution in [0.1, 0.15) is 43.1 Å². The summed E-state index contributed by atoms with van der Waals surface area (Å²) < 4.78 is 40.3. The summed E-state index contributed by atoms with van der Waals surface area (Å²) >= 11 is 1.52. The Morgan fingerprint density at radius 2 is 1.77 bits per heavy atom. The number of hydrogen-bond donors (Lipinski definition) is 0. The van der Waals surface area contributed by atoms with Gasteiger partial charge in [0.25, 0.3) is 5.91 Å². The zero-order chi connectivity index (χ0) is 28.3. The Morgan fingerprint density at radius 1 is 1.07 bits per heavy atom. The number of hydrogen-bond acceptors (Lipinski definition) is 8. The Balaban J connectivity index is 1.38. The van der Waals surface area contributed by atoms with Crippen LogP contribution in [0.25, 0.3) is 10.2 Å². The number of rotatable bonds is 9. The number of anilines is 1. The molecule has 40 heavy (non-hydrogen) atoms. The van der Waals surface area contributed by atoms with Crippen molar-refractivity contribution in [2.24, 2.45) is 0 Å². The molecule has 1 aromatic heterocycles. The molecular formula is C29H38N4O5S2. The molecule has 5 rings (SSSR count). The molecule has 2 aromatic carbocycles. The van der Waals surface area contributed by atoms with E-state index in [1.54, 1.807) is 17.0 Å². The first-order chi connectivity index (χ1) is 19.3. The fraction of sp³-hybridized carbons (Fsp3) is 0.517. The van der Waals surface area contributed by atoms with Gasteiger partial charge in [0.05, 0.1) is 40.5 Å². The number of fused-ring (bicyclic) bond motifs is 1. The van der Waals surface area contributed by atoms with Crippen molar-refractivity contribution in [2.45, 2.75) is 50.7 Å². The maximum atomic E-state index is 13.9. The van der Waals surface area contributed by atoms with Crippen molar-refractivity contribution in [1.29, 1.82) is 0 Å². The SMILES string of the molecule is CCc1cccc2sc(N(CCCN3CCOCC3)C(=O)c3ccc(S(=O)(=O)N4CC(C)OC(C)C4)cc3)nc12. The van der Waals surface area contributed by atoms with E-state index in [9.17, 15) is 13.2 Å². The standard InChI is InChI=1S/C29H38N4O5S2/c1-4-23-7-5-8-26-27(23)30-29(39-26)33(14-6-13-31-15-17-37-18-16-31)28(34)24-9-11-25(12-10-24)40(35,36)32-19-21(2)38-22(3)20-32/h5,7-12,21-22H,4,6,13-20H2,1-3H3. The highest BCUT2D eigenvalue weighted by atomic mass is 32.2. The number of morpholine rings is 2. The molecule has 9 nitrogen and oxygen atoms in total. The number of nitrogens with zero attached hydrogens (tertiary/aromatic N) is 4. The molecule has 2 atom stereocenters. The van der Waals surface area contributed by atoms with E-state index >= 15 is 0 Å². The minimum absolute atomic E-state index is 0.174. The molecule has 0 N–H and O–H groups in total. The van der Waals surface area contributed by atoms with Crippen LogP contribution in [0.4, 0.5) is 5.13 Å². The van der Waals surface area contributed by atoms with Crippen LogP contribution < -0.4 is 4.90 Å². The van der Waals surface area contributed by atoms with Crippen LogP contribution in [0.15, 0.2) is 47.4 Å². The van der Waals surface area contributed by atoms with Crippen LogP contribution in [0.2, 0.25) is 0 Å². The average molecular weight is 587 g/mol. The molecular weight excluding hydrogens is 548 g/mol. The summed E-state index contributed by atoms with van der Waals surface area (Å²) in [6.07, 6.45) is 1.31. The molecule has 2 saturated heterocycles. The third-order valence-corrected chi connectivity index (χ3v) is 10.3. The van der Waals surface area contributed by atoms with E-state index in [1.165, 1.54) is 27.8 Å². The molecule has 11 heteroatoms. The van der Waals surface area contributed by atoms with Gasteiger partial charge >= 0.3 is 0 Å². The number of sulfonamides is 1. The zero-order valence-corrected chi connectivity index (χ0v) is 25.0. The van der Waals surface area contributed by atoms with Crippen LogP contribution in [0.5, 0.6) is 0 Å². The van der Waals surface area contributed by atoms with E-state index < -0.39 is 10.0 Å². The van der Waals surface area contributed by atoms with Gasteiger partial charge in [0.15, 0.2) is 5.13 Å². The van der Waals surface area contributed by atoms with Crippen LogP contribution >= 0.6 is 11.3 Å². The Morgan fingerprint density at radius 3 is 2.45 bits per heavy atom. The summed E-state index contributed by atoms with van der Waals surface area (Å²) in [6, 6.07) is 12.4. The number of ether oxygens (including phenoxy) is 2. The summed E-state index contributed by atoms with van der Waals surface area (Å²) in [4.78, 5) is 23.1. The fourth-order valence-electron chi connectivity index (χ4n) is 5.36. The van der Waals surface area contributed by atoms with E-state index in [0.29, 0.717) is 30.3 Å². The third kappa shape index (κ3) is 6.40. The first-order valence-corrected chi connectivity index (χ1v) is 16.3. The topological polar surface area (TPSA) is 92.3 Å². The van der Waals surface area contributed by atoms with Crippen molar-refractivity contribution >= 4 is 42.6 Å². The number of amides is 1. The smallest absolute Gasteiger partial charge is 0.260 e. The highest BCUT2D eigenvalue weighted by Gasteiger charge is 2.32. The molecule has 0 saturated carbocycles. The number of aryl methyl sites for hydroxylation is 1. The van der Waals surface area contributed by atoms with E-state index in [-0.39, 0.29) is 23.0 Å². The van der Waals surface area contributed by atoms with E-state index in [2.05, 4.69) is 17.9 Å². The summed E-state index contributed by atoms with van der Waals surface area (Å²) in [5, 5.41) is 0.663. The maximum Gasteiger partial charge on any atom is 0.260 e. The van der Waals surface area contributed by atoms with Crippen molar-refractivity contribution in [2.75, 3.05) is 57.4 Å². The van der Waals surface area contributed by atoms with Crippen molar-refractivity contribution < 1.29 is 22.7 Å². The van der Waals surface area contributed by atoms with Crippen LogP contribution in [-0.2, 0) is 25.9 Å². The lowest BCUT2D eigenvalue weighted by atomic mass is 10.1. The fourth-order valence-corrected chi connectivity index (χ4v) is 7.99. The summed E-state index contributed by atoms with van der Waals surface area (Å²) in [6.45, 7) is 11.1. The van der Waals surface area contributed by atoms with Gasteiger partial charge in [-0.15, -0.1) is 0 Å². The molecule has 2 fully saturated rings. The van der Waals surface area contributed by atoms with E-state index in [4.69, 9.17) is 14.5 Å².